The Kier molecular flexibility index (Phi) is 3.56. The number of hydrogen-bond donors (Lipinski definition) is 0. The summed E-state index contributed by atoms with van der Waals surface area (Å²) in [6.07, 6.45) is 1.14. The van der Waals surface area contributed by atoms with Crippen LogP contribution in [0.4, 0.5) is 0 Å². The Morgan fingerprint density at radius 3 is 2.50 bits per heavy atom. The van der Waals surface area contributed by atoms with Gasteiger partial charge in [0.15, 0.2) is 0 Å². The van der Waals surface area contributed by atoms with E-state index in [0.29, 0.717) is 5.92 Å². The van der Waals surface area contributed by atoms with E-state index in [1.807, 2.05) is 12.1 Å². The third-order valence-electron chi connectivity index (χ3n) is 3.63. The van der Waals surface area contributed by atoms with Crippen LogP contribution >= 0.6 is 0 Å². The summed E-state index contributed by atoms with van der Waals surface area (Å²) >= 11 is 0. The summed E-state index contributed by atoms with van der Waals surface area (Å²) in [6, 6.07) is 24.8. The van der Waals surface area contributed by atoms with Crippen LogP contribution in [0.15, 0.2) is 60.7 Å². The Morgan fingerprint density at radius 2 is 1.75 bits per heavy atom. The number of hydrogen-bond acceptors (Lipinski definition) is 0. The first kappa shape index (κ1) is 12.9. The molecule has 0 bridgehead atoms. The van der Waals surface area contributed by atoms with E-state index in [0.717, 1.165) is 6.42 Å². The Hall–Kier alpha value is -2.08. The lowest BCUT2D eigenvalue weighted by Crippen LogP contribution is -1.93. The molecule has 99 valence electrons. The molecule has 0 spiro atoms. The van der Waals surface area contributed by atoms with Crippen LogP contribution in [0, 0.1) is 12.0 Å². The lowest BCUT2D eigenvalue weighted by atomic mass is 9.96. The highest BCUT2D eigenvalue weighted by Gasteiger charge is 2.04. The van der Waals surface area contributed by atoms with Crippen LogP contribution in [-0.4, -0.2) is 0 Å². The molecule has 3 rings (SSSR count). The Morgan fingerprint density at radius 1 is 0.950 bits per heavy atom. The summed E-state index contributed by atoms with van der Waals surface area (Å²) < 4.78 is 0. The molecular weight excluding hydrogens is 240 g/mol. The molecular formula is C20H19. The van der Waals surface area contributed by atoms with Crippen molar-refractivity contribution in [1.82, 2.24) is 0 Å². The van der Waals surface area contributed by atoms with E-state index in [1.165, 1.54) is 27.5 Å². The van der Waals surface area contributed by atoms with Gasteiger partial charge in [0.2, 0.25) is 0 Å². The molecule has 0 aliphatic heterocycles. The summed E-state index contributed by atoms with van der Waals surface area (Å²) in [6.45, 7) is 4.52. The second kappa shape index (κ2) is 5.50. The van der Waals surface area contributed by atoms with Gasteiger partial charge in [-0.1, -0.05) is 68.4 Å². The fourth-order valence-electron chi connectivity index (χ4n) is 2.71. The van der Waals surface area contributed by atoms with Crippen molar-refractivity contribution in [2.24, 2.45) is 5.92 Å². The number of rotatable bonds is 3. The molecule has 0 fully saturated rings. The SMILES string of the molecule is CC(C)Cc1ccc(-c2cccc3c[c]ccc23)cc1. The maximum absolute atomic E-state index is 3.14. The molecule has 0 unspecified atom stereocenters. The highest BCUT2D eigenvalue weighted by atomic mass is 14.1. The predicted molar refractivity (Wildman–Crippen MR) is 86.8 cm³/mol. The average Bonchev–Trinajstić information content (AvgIpc) is 2.47. The smallest absolute Gasteiger partial charge is 0.0105 e. The molecule has 0 heteroatoms. The third-order valence-corrected chi connectivity index (χ3v) is 3.63. The van der Waals surface area contributed by atoms with Gasteiger partial charge in [-0.3, -0.25) is 0 Å². The van der Waals surface area contributed by atoms with Crippen molar-refractivity contribution in [3.63, 3.8) is 0 Å². The van der Waals surface area contributed by atoms with Gasteiger partial charge in [0.1, 0.15) is 0 Å². The fourth-order valence-corrected chi connectivity index (χ4v) is 2.71. The van der Waals surface area contributed by atoms with Gasteiger partial charge in [-0.25, -0.2) is 0 Å². The van der Waals surface area contributed by atoms with Crippen LogP contribution in [0.25, 0.3) is 21.9 Å². The first-order valence-corrected chi connectivity index (χ1v) is 7.22. The van der Waals surface area contributed by atoms with E-state index in [-0.39, 0.29) is 0 Å². The van der Waals surface area contributed by atoms with Crippen LogP contribution in [-0.2, 0) is 6.42 Å². The summed E-state index contributed by atoms with van der Waals surface area (Å²) in [5.74, 6) is 0.703. The van der Waals surface area contributed by atoms with E-state index in [1.54, 1.807) is 0 Å². The summed E-state index contributed by atoms with van der Waals surface area (Å²) in [5, 5.41) is 2.54. The van der Waals surface area contributed by atoms with Crippen molar-refractivity contribution < 1.29 is 0 Å². The molecule has 0 aliphatic rings. The highest BCUT2D eigenvalue weighted by molar-refractivity contribution is 5.96. The first-order valence-electron chi connectivity index (χ1n) is 7.22. The van der Waals surface area contributed by atoms with Crippen molar-refractivity contribution in [2.75, 3.05) is 0 Å². The predicted octanol–water partition coefficient (Wildman–Crippen LogP) is 5.51. The molecule has 3 aromatic carbocycles. The minimum absolute atomic E-state index is 0.703. The van der Waals surface area contributed by atoms with E-state index < -0.39 is 0 Å². The first-order chi connectivity index (χ1) is 9.74. The molecule has 0 heterocycles. The molecule has 0 amide bonds. The van der Waals surface area contributed by atoms with Crippen molar-refractivity contribution in [2.45, 2.75) is 20.3 Å². The molecule has 20 heavy (non-hydrogen) atoms. The molecule has 1 radical (unpaired) electrons. The van der Waals surface area contributed by atoms with Gasteiger partial charge in [-0.05, 0) is 51.9 Å². The molecule has 3 aromatic rings. The Bertz CT molecular complexity index is 700. The van der Waals surface area contributed by atoms with Crippen molar-refractivity contribution >= 4 is 10.8 Å². The molecule has 0 saturated carbocycles. The molecule has 0 atom stereocenters. The third kappa shape index (κ3) is 2.60. The van der Waals surface area contributed by atoms with Crippen molar-refractivity contribution in [3.8, 4) is 11.1 Å². The van der Waals surface area contributed by atoms with Gasteiger partial charge in [0, 0.05) is 0 Å². The molecule has 0 N–H and O–H groups in total. The maximum atomic E-state index is 3.14. The van der Waals surface area contributed by atoms with E-state index >= 15 is 0 Å². The van der Waals surface area contributed by atoms with Gasteiger partial charge in [0.25, 0.3) is 0 Å². The summed E-state index contributed by atoms with van der Waals surface area (Å²) in [4.78, 5) is 0. The Labute approximate surface area is 121 Å². The zero-order valence-electron chi connectivity index (χ0n) is 12.1. The van der Waals surface area contributed by atoms with Crippen LogP contribution < -0.4 is 0 Å². The molecule has 0 nitrogen and oxygen atoms in total. The summed E-state index contributed by atoms with van der Waals surface area (Å²) in [7, 11) is 0. The standard InChI is InChI=1S/C20H19/c1-15(2)14-16-10-12-18(13-11-16)20-9-5-7-17-6-3-4-8-19(17)20/h4-13,15H,14H2,1-2H3. The monoisotopic (exact) mass is 259 g/mol. The molecule has 0 aliphatic carbocycles. The average molecular weight is 259 g/mol. The second-order valence-corrected chi connectivity index (χ2v) is 5.75. The molecule has 0 saturated heterocycles. The van der Waals surface area contributed by atoms with Crippen LogP contribution in [0.1, 0.15) is 19.4 Å². The van der Waals surface area contributed by atoms with Gasteiger partial charge in [-0.15, -0.1) is 0 Å². The van der Waals surface area contributed by atoms with Crippen molar-refractivity contribution in [1.29, 1.82) is 0 Å². The van der Waals surface area contributed by atoms with Crippen LogP contribution in [0.2, 0.25) is 0 Å². The zero-order chi connectivity index (χ0) is 13.9. The van der Waals surface area contributed by atoms with Gasteiger partial charge >= 0.3 is 0 Å². The lowest BCUT2D eigenvalue weighted by Gasteiger charge is -2.09. The highest BCUT2D eigenvalue weighted by Crippen LogP contribution is 2.28. The summed E-state index contributed by atoms with van der Waals surface area (Å²) in [5.41, 5.74) is 4.00. The topological polar surface area (TPSA) is 0 Å². The molecule has 0 aromatic heterocycles. The lowest BCUT2D eigenvalue weighted by molar-refractivity contribution is 0.647. The quantitative estimate of drug-likeness (QED) is 0.582. The normalized spacial score (nSPS) is 11.2. The van der Waals surface area contributed by atoms with Gasteiger partial charge in [-0.2, -0.15) is 0 Å². The van der Waals surface area contributed by atoms with E-state index in [2.05, 4.69) is 68.4 Å². The van der Waals surface area contributed by atoms with Crippen LogP contribution in [0.3, 0.4) is 0 Å². The van der Waals surface area contributed by atoms with E-state index in [4.69, 9.17) is 0 Å². The number of benzene rings is 3. The number of fused-ring (bicyclic) bond motifs is 1. The minimum atomic E-state index is 0.703. The second-order valence-electron chi connectivity index (χ2n) is 5.75. The van der Waals surface area contributed by atoms with E-state index in [9.17, 15) is 0 Å². The largest absolute Gasteiger partial charge is 0.0625 e. The fraction of sp³-hybridized carbons (Fsp3) is 0.200. The van der Waals surface area contributed by atoms with Gasteiger partial charge < -0.3 is 0 Å². The zero-order valence-corrected chi connectivity index (χ0v) is 12.1. The van der Waals surface area contributed by atoms with Gasteiger partial charge in [0.05, 0.1) is 0 Å². The Balaban J connectivity index is 2.03. The van der Waals surface area contributed by atoms with Crippen molar-refractivity contribution in [3.05, 3.63) is 72.3 Å². The minimum Gasteiger partial charge on any atom is -0.0625 e. The maximum Gasteiger partial charge on any atom is -0.0105 e. The van der Waals surface area contributed by atoms with Crippen LogP contribution in [0.5, 0.6) is 0 Å².